The van der Waals surface area contributed by atoms with Gasteiger partial charge in [0.15, 0.2) is 0 Å². The SMILES string of the molecule is O=C1NCC(NCc2ccccc2)CCCCCCCCCCCCCCCCCCCCCCCCCCCCCCCCCCCCCC12CC2. The third kappa shape index (κ3) is 25.4. The van der Waals surface area contributed by atoms with E-state index in [2.05, 4.69) is 41.0 Å². The Balaban J connectivity index is 1.31. The van der Waals surface area contributed by atoms with Gasteiger partial charge in [0.05, 0.1) is 0 Å². The summed E-state index contributed by atoms with van der Waals surface area (Å²) in [7, 11) is 0. The van der Waals surface area contributed by atoms with Crippen molar-refractivity contribution >= 4 is 5.91 Å². The van der Waals surface area contributed by atoms with Crippen molar-refractivity contribution in [2.45, 2.75) is 263 Å². The van der Waals surface area contributed by atoms with Crippen LogP contribution in [0.5, 0.6) is 0 Å². The van der Waals surface area contributed by atoms with Crippen molar-refractivity contribution in [2.24, 2.45) is 5.41 Å². The van der Waals surface area contributed by atoms with E-state index in [1.165, 1.54) is 230 Å². The maximum Gasteiger partial charge on any atom is 0.226 e. The number of nitrogens with one attached hydrogen (secondary N) is 2. The van der Waals surface area contributed by atoms with Crippen molar-refractivity contribution in [2.75, 3.05) is 6.54 Å². The lowest BCUT2D eigenvalue weighted by Gasteiger charge is -2.22. The summed E-state index contributed by atoms with van der Waals surface area (Å²) in [5.74, 6) is 0.342. The number of rotatable bonds is 3. The molecule has 1 saturated carbocycles. The Bertz CT molecular complexity index is 942. The Labute approximate surface area is 331 Å². The predicted molar refractivity (Wildman–Crippen MR) is 233 cm³/mol. The Hall–Kier alpha value is -1.35. The normalized spacial score (nSPS) is 24.5. The van der Waals surface area contributed by atoms with Gasteiger partial charge in [0.1, 0.15) is 0 Å². The van der Waals surface area contributed by atoms with Crippen molar-refractivity contribution in [3.63, 3.8) is 0 Å². The van der Waals surface area contributed by atoms with Gasteiger partial charge in [-0.2, -0.15) is 0 Å². The van der Waals surface area contributed by atoms with Gasteiger partial charge in [-0.1, -0.05) is 255 Å². The molecule has 1 spiro atoms. The Kier molecular flexibility index (Phi) is 28.5. The predicted octanol–water partition coefficient (Wildman–Crippen LogP) is 15.5. The molecular formula is C50H90N2O. The second-order valence-electron chi connectivity index (χ2n) is 18.0. The largest absolute Gasteiger partial charge is 0.354 e. The van der Waals surface area contributed by atoms with Crippen molar-refractivity contribution < 1.29 is 4.79 Å². The standard InChI is InChI=1S/C50H90N2O/c53-49-50(43-44-50)42-38-33-31-29-27-25-23-21-19-17-15-13-11-9-7-5-3-1-2-4-6-8-10-12-14-16-18-20-22-24-26-28-30-32-37-41-48(46-52-49)51-45-47-39-35-34-36-40-47/h34-36,39-40,48,51H,1-33,37-38,41-46H2,(H,52,53). The molecule has 1 unspecified atom stereocenters. The van der Waals surface area contributed by atoms with Crippen LogP contribution >= 0.6 is 0 Å². The Morgan fingerprint density at radius 3 is 1.09 bits per heavy atom. The molecule has 0 radical (unpaired) electrons. The minimum absolute atomic E-state index is 0.0458. The van der Waals surface area contributed by atoms with Crippen LogP contribution in [0.25, 0.3) is 0 Å². The lowest BCUT2D eigenvalue weighted by molar-refractivity contribution is -0.126. The molecular weight excluding hydrogens is 645 g/mol. The molecule has 0 aromatic heterocycles. The molecule has 3 nitrogen and oxygen atoms in total. The van der Waals surface area contributed by atoms with Crippen molar-refractivity contribution in [1.29, 1.82) is 0 Å². The first-order valence-electron chi connectivity index (χ1n) is 24.3. The minimum atomic E-state index is -0.0458. The van der Waals surface area contributed by atoms with Crippen LogP contribution in [-0.2, 0) is 11.3 Å². The van der Waals surface area contributed by atoms with Gasteiger partial charge in [-0.05, 0) is 31.2 Å². The molecule has 1 atom stereocenters. The zero-order valence-electron chi connectivity index (χ0n) is 35.4. The number of hydrogen-bond donors (Lipinski definition) is 2. The Morgan fingerprint density at radius 1 is 0.434 bits per heavy atom. The summed E-state index contributed by atoms with van der Waals surface area (Å²) in [6.45, 7) is 1.65. The van der Waals surface area contributed by atoms with Crippen LogP contribution in [0, 0.1) is 5.41 Å². The number of benzene rings is 1. The fourth-order valence-electron chi connectivity index (χ4n) is 8.97. The van der Waals surface area contributed by atoms with Gasteiger partial charge in [0, 0.05) is 24.5 Å². The Morgan fingerprint density at radius 2 is 0.755 bits per heavy atom. The lowest BCUT2D eigenvalue weighted by Crippen LogP contribution is -2.43. The van der Waals surface area contributed by atoms with E-state index < -0.39 is 0 Å². The van der Waals surface area contributed by atoms with E-state index in [1.807, 2.05) is 0 Å². The van der Waals surface area contributed by atoms with Crippen molar-refractivity contribution in [3.05, 3.63) is 35.9 Å². The third-order valence-corrected chi connectivity index (χ3v) is 13.0. The number of carbonyl (C=O) groups excluding carboxylic acids is 1. The van der Waals surface area contributed by atoms with Crippen LogP contribution in [0.15, 0.2) is 30.3 Å². The molecule has 2 aliphatic rings. The van der Waals surface area contributed by atoms with E-state index in [0.29, 0.717) is 11.9 Å². The van der Waals surface area contributed by atoms with Gasteiger partial charge in [-0.15, -0.1) is 0 Å². The summed E-state index contributed by atoms with van der Waals surface area (Å²) in [6.07, 6.45) is 54.4. The van der Waals surface area contributed by atoms with Crippen LogP contribution in [0.4, 0.5) is 0 Å². The summed E-state index contributed by atoms with van der Waals surface area (Å²) in [5.41, 5.74) is 1.28. The van der Waals surface area contributed by atoms with E-state index in [-0.39, 0.29) is 5.41 Å². The highest BCUT2D eigenvalue weighted by atomic mass is 16.2. The third-order valence-electron chi connectivity index (χ3n) is 13.0. The molecule has 3 rings (SSSR count). The summed E-state index contributed by atoms with van der Waals surface area (Å²) < 4.78 is 0. The van der Waals surface area contributed by atoms with Gasteiger partial charge in [0.25, 0.3) is 0 Å². The van der Waals surface area contributed by atoms with Crippen LogP contribution in [-0.4, -0.2) is 18.5 Å². The van der Waals surface area contributed by atoms with E-state index in [9.17, 15) is 4.79 Å². The first-order valence-corrected chi connectivity index (χ1v) is 24.3. The van der Waals surface area contributed by atoms with Crippen LogP contribution < -0.4 is 10.6 Å². The van der Waals surface area contributed by atoms with Crippen LogP contribution in [0.1, 0.15) is 256 Å². The highest BCUT2D eigenvalue weighted by Gasteiger charge is 2.48. The molecule has 1 heterocycles. The maximum absolute atomic E-state index is 13.4. The second-order valence-corrected chi connectivity index (χ2v) is 18.0. The minimum Gasteiger partial charge on any atom is -0.354 e. The smallest absolute Gasteiger partial charge is 0.226 e. The molecule has 2 N–H and O–H groups in total. The van der Waals surface area contributed by atoms with Crippen molar-refractivity contribution in [3.8, 4) is 0 Å². The van der Waals surface area contributed by atoms with Gasteiger partial charge in [-0.3, -0.25) is 4.79 Å². The molecule has 1 aliphatic carbocycles. The molecule has 2 fully saturated rings. The topological polar surface area (TPSA) is 41.1 Å². The second kappa shape index (κ2) is 32.9. The van der Waals surface area contributed by atoms with E-state index in [4.69, 9.17) is 0 Å². The van der Waals surface area contributed by atoms with Gasteiger partial charge in [-0.25, -0.2) is 0 Å². The van der Waals surface area contributed by atoms with Gasteiger partial charge >= 0.3 is 0 Å². The molecule has 3 heteroatoms. The molecule has 0 bridgehead atoms. The van der Waals surface area contributed by atoms with E-state index in [1.54, 1.807) is 0 Å². The van der Waals surface area contributed by atoms with Crippen LogP contribution in [0.2, 0.25) is 0 Å². The van der Waals surface area contributed by atoms with Crippen molar-refractivity contribution in [1.82, 2.24) is 10.6 Å². The molecule has 1 aromatic rings. The average Bonchev–Trinajstić information content (AvgIpc) is 3.97. The monoisotopic (exact) mass is 735 g/mol. The summed E-state index contributed by atoms with van der Waals surface area (Å²) in [4.78, 5) is 13.4. The summed E-state index contributed by atoms with van der Waals surface area (Å²) in [5, 5.41) is 7.24. The first kappa shape index (κ1) is 46.0. The summed E-state index contributed by atoms with van der Waals surface area (Å²) in [6, 6.07) is 11.1. The zero-order chi connectivity index (χ0) is 37.2. The fraction of sp³-hybridized carbons (Fsp3) is 0.860. The molecule has 1 aliphatic heterocycles. The number of carbonyl (C=O) groups is 1. The van der Waals surface area contributed by atoms with Crippen LogP contribution in [0.3, 0.4) is 0 Å². The maximum atomic E-state index is 13.4. The zero-order valence-corrected chi connectivity index (χ0v) is 35.4. The molecule has 53 heavy (non-hydrogen) atoms. The quantitative estimate of drug-likeness (QED) is 0.325. The molecule has 1 aromatic carbocycles. The van der Waals surface area contributed by atoms with Gasteiger partial charge < -0.3 is 10.6 Å². The number of amides is 1. The first-order chi connectivity index (χ1) is 26.3. The van der Waals surface area contributed by atoms with E-state index in [0.717, 1.165) is 38.8 Å². The lowest BCUT2D eigenvalue weighted by atomic mass is 9.96. The summed E-state index contributed by atoms with van der Waals surface area (Å²) >= 11 is 0. The molecule has 1 amide bonds. The fourth-order valence-corrected chi connectivity index (χ4v) is 8.97. The highest BCUT2D eigenvalue weighted by Crippen LogP contribution is 2.50. The number of hydrogen-bond acceptors (Lipinski definition) is 2. The van der Waals surface area contributed by atoms with Gasteiger partial charge in [0.2, 0.25) is 5.91 Å². The molecule has 1 saturated heterocycles. The average molecular weight is 735 g/mol. The van der Waals surface area contributed by atoms with E-state index >= 15 is 0 Å². The molecule has 306 valence electrons. The highest BCUT2D eigenvalue weighted by molar-refractivity contribution is 5.85.